The highest BCUT2D eigenvalue weighted by molar-refractivity contribution is 7.99. The van der Waals surface area contributed by atoms with Gasteiger partial charge < -0.3 is 5.32 Å². The van der Waals surface area contributed by atoms with Gasteiger partial charge in [0.2, 0.25) is 0 Å². The maximum absolute atomic E-state index is 11.6. The van der Waals surface area contributed by atoms with Gasteiger partial charge in [-0.05, 0) is 19.1 Å². The molecule has 17 heavy (non-hydrogen) atoms. The summed E-state index contributed by atoms with van der Waals surface area (Å²) in [7, 11) is 1.60. The minimum absolute atomic E-state index is 0.231. The molecule has 2 rings (SSSR count). The molecule has 1 fully saturated rings. The molecule has 1 aliphatic carbocycles. The predicted molar refractivity (Wildman–Crippen MR) is 73.1 cm³/mol. The molecule has 2 atom stereocenters. The molecule has 1 aliphatic rings. The van der Waals surface area contributed by atoms with Crippen LogP contribution >= 0.6 is 23.4 Å². The second kappa shape index (κ2) is 5.31. The SMILES string of the molecule is CSC1CCCC1Nc1cnn(C)c(=O)c1Cl. The van der Waals surface area contributed by atoms with E-state index in [-0.39, 0.29) is 10.6 Å². The van der Waals surface area contributed by atoms with Crippen molar-refractivity contribution in [2.75, 3.05) is 11.6 Å². The Morgan fingerprint density at radius 1 is 1.59 bits per heavy atom. The van der Waals surface area contributed by atoms with Gasteiger partial charge in [-0.1, -0.05) is 18.0 Å². The number of hydrogen-bond donors (Lipinski definition) is 1. The van der Waals surface area contributed by atoms with Gasteiger partial charge in [0, 0.05) is 18.3 Å². The zero-order chi connectivity index (χ0) is 12.4. The Morgan fingerprint density at radius 2 is 2.35 bits per heavy atom. The van der Waals surface area contributed by atoms with Crippen LogP contribution in [0.5, 0.6) is 0 Å². The summed E-state index contributed by atoms with van der Waals surface area (Å²) in [5.41, 5.74) is 0.399. The first-order chi connectivity index (χ1) is 8.13. The molecule has 0 aromatic carbocycles. The molecule has 2 unspecified atom stereocenters. The van der Waals surface area contributed by atoms with Gasteiger partial charge in [0.15, 0.2) is 0 Å². The number of aryl methyl sites for hydroxylation is 1. The highest BCUT2D eigenvalue weighted by Gasteiger charge is 2.27. The van der Waals surface area contributed by atoms with Crippen LogP contribution in [0, 0.1) is 0 Å². The smallest absolute Gasteiger partial charge is 0.287 e. The monoisotopic (exact) mass is 273 g/mol. The van der Waals surface area contributed by atoms with Crippen molar-refractivity contribution in [2.24, 2.45) is 7.05 Å². The van der Waals surface area contributed by atoms with E-state index in [1.165, 1.54) is 17.5 Å². The Labute approximate surface area is 110 Å². The molecule has 0 spiro atoms. The highest BCUT2D eigenvalue weighted by Crippen LogP contribution is 2.31. The second-order valence-corrected chi connectivity index (χ2v) is 5.71. The van der Waals surface area contributed by atoms with Gasteiger partial charge in [0.1, 0.15) is 5.02 Å². The Balaban J connectivity index is 2.19. The molecular formula is C11H16ClN3OS. The summed E-state index contributed by atoms with van der Waals surface area (Å²) in [5.74, 6) is 0. The molecule has 4 nitrogen and oxygen atoms in total. The van der Waals surface area contributed by atoms with E-state index in [0.29, 0.717) is 17.0 Å². The number of anilines is 1. The van der Waals surface area contributed by atoms with Crippen LogP contribution in [0.4, 0.5) is 5.69 Å². The molecule has 1 N–H and O–H groups in total. The van der Waals surface area contributed by atoms with Crippen LogP contribution < -0.4 is 10.9 Å². The molecule has 6 heteroatoms. The van der Waals surface area contributed by atoms with Crippen LogP contribution in [-0.4, -0.2) is 27.3 Å². The number of rotatable bonds is 3. The van der Waals surface area contributed by atoms with Crippen molar-refractivity contribution in [1.29, 1.82) is 0 Å². The normalized spacial score (nSPS) is 23.9. The summed E-state index contributed by atoms with van der Waals surface area (Å²) in [6.45, 7) is 0. The molecule has 1 aromatic rings. The van der Waals surface area contributed by atoms with E-state index in [1.807, 2.05) is 11.8 Å². The molecule has 0 bridgehead atoms. The van der Waals surface area contributed by atoms with Gasteiger partial charge in [-0.25, -0.2) is 4.68 Å². The molecule has 0 amide bonds. The minimum Gasteiger partial charge on any atom is -0.379 e. The van der Waals surface area contributed by atoms with Gasteiger partial charge >= 0.3 is 0 Å². The van der Waals surface area contributed by atoms with Crippen LogP contribution in [0.2, 0.25) is 5.02 Å². The van der Waals surface area contributed by atoms with Gasteiger partial charge in [-0.15, -0.1) is 0 Å². The van der Waals surface area contributed by atoms with Gasteiger partial charge in [-0.2, -0.15) is 16.9 Å². The fourth-order valence-electron chi connectivity index (χ4n) is 2.18. The summed E-state index contributed by atoms with van der Waals surface area (Å²) >= 11 is 7.89. The van der Waals surface area contributed by atoms with Crippen molar-refractivity contribution in [3.05, 3.63) is 21.6 Å². The zero-order valence-electron chi connectivity index (χ0n) is 9.94. The van der Waals surface area contributed by atoms with Gasteiger partial charge in [0.25, 0.3) is 5.56 Å². The summed E-state index contributed by atoms with van der Waals surface area (Å²) in [5, 5.41) is 8.16. The molecule has 0 aliphatic heterocycles. The topological polar surface area (TPSA) is 46.9 Å². The van der Waals surface area contributed by atoms with E-state index in [2.05, 4.69) is 16.7 Å². The fraction of sp³-hybridized carbons (Fsp3) is 0.636. The largest absolute Gasteiger partial charge is 0.379 e. The zero-order valence-corrected chi connectivity index (χ0v) is 11.5. The third kappa shape index (κ3) is 2.60. The van der Waals surface area contributed by atoms with E-state index in [0.717, 1.165) is 6.42 Å². The van der Waals surface area contributed by atoms with Crippen molar-refractivity contribution in [1.82, 2.24) is 9.78 Å². The maximum Gasteiger partial charge on any atom is 0.287 e. The highest BCUT2D eigenvalue weighted by atomic mass is 35.5. The fourth-order valence-corrected chi connectivity index (χ4v) is 3.35. The Kier molecular flexibility index (Phi) is 3.99. The third-order valence-electron chi connectivity index (χ3n) is 3.17. The third-order valence-corrected chi connectivity index (χ3v) is 4.71. The summed E-state index contributed by atoms with van der Waals surface area (Å²) < 4.78 is 1.24. The van der Waals surface area contributed by atoms with Crippen molar-refractivity contribution >= 4 is 29.1 Å². The lowest BCUT2D eigenvalue weighted by molar-refractivity contribution is 0.702. The molecule has 94 valence electrons. The Hall–Kier alpha value is -0.680. The van der Waals surface area contributed by atoms with E-state index in [9.17, 15) is 4.79 Å². The standard InChI is InChI=1S/C11H16ClN3OS/c1-15-11(16)10(12)8(6-13-15)14-7-4-3-5-9(7)17-2/h6-7,9,14H,3-5H2,1-2H3. The van der Waals surface area contributed by atoms with Crippen LogP contribution in [0.3, 0.4) is 0 Å². The average molecular weight is 274 g/mol. The summed E-state index contributed by atoms with van der Waals surface area (Å²) in [6, 6.07) is 0.386. The molecule has 1 saturated carbocycles. The first-order valence-electron chi connectivity index (χ1n) is 5.64. The summed E-state index contributed by atoms with van der Waals surface area (Å²) in [4.78, 5) is 11.6. The van der Waals surface area contributed by atoms with Gasteiger partial charge in [-0.3, -0.25) is 4.79 Å². The molecular weight excluding hydrogens is 258 g/mol. The summed E-state index contributed by atoms with van der Waals surface area (Å²) in [6.07, 6.45) is 7.30. The molecule has 1 aromatic heterocycles. The van der Waals surface area contributed by atoms with Crippen LogP contribution in [0.25, 0.3) is 0 Å². The lowest BCUT2D eigenvalue weighted by atomic mass is 10.2. The Bertz CT molecular complexity index is 463. The second-order valence-electron chi connectivity index (χ2n) is 4.26. The Morgan fingerprint density at radius 3 is 3.06 bits per heavy atom. The minimum atomic E-state index is -0.254. The average Bonchev–Trinajstić information content (AvgIpc) is 2.77. The lowest BCUT2D eigenvalue weighted by Crippen LogP contribution is -2.28. The first-order valence-corrected chi connectivity index (χ1v) is 7.31. The number of hydrogen-bond acceptors (Lipinski definition) is 4. The quantitative estimate of drug-likeness (QED) is 0.917. The van der Waals surface area contributed by atoms with E-state index in [1.54, 1.807) is 13.2 Å². The van der Waals surface area contributed by atoms with E-state index in [4.69, 9.17) is 11.6 Å². The van der Waals surface area contributed by atoms with Crippen molar-refractivity contribution in [3.63, 3.8) is 0 Å². The van der Waals surface area contributed by atoms with Crippen LogP contribution in [-0.2, 0) is 7.05 Å². The predicted octanol–water partition coefficient (Wildman–Crippen LogP) is 2.13. The molecule has 0 radical (unpaired) electrons. The van der Waals surface area contributed by atoms with Crippen molar-refractivity contribution < 1.29 is 0 Å². The van der Waals surface area contributed by atoms with Gasteiger partial charge in [0.05, 0.1) is 11.9 Å². The molecule has 1 heterocycles. The van der Waals surface area contributed by atoms with Crippen molar-refractivity contribution in [2.45, 2.75) is 30.6 Å². The number of aromatic nitrogens is 2. The van der Waals surface area contributed by atoms with E-state index >= 15 is 0 Å². The van der Waals surface area contributed by atoms with Crippen LogP contribution in [0.1, 0.15) is 19.3 Å². The number of thioether (sulfide) groups is 1. The maximum atomic E-state index is 11.6. The number of halogens is 1. The van der Waals surface area contributed by atoms with E-state index < -0.39 is 0 Å². The lowest BCUT2D eigenvalue weighted by Gasteiger charge is -2.20. The van der Waals surface area contributed by atoms with Crippen molar-refractivity contribution in [3.8, 4) is 0 Å². The molecule has 0 saturated heterocycles. The van der Waals surface area contributed by atoms with Crippen LogP contribution in [0.15, 0.2) is 11.0 Å². The first kappa shape index (κ1) is 12.8. The number of nitrogens with zero attached hydrogens (tertiary/aromatic N) is 2. The number of nitrogens with one attached hydrogen (secondary N) is 1.